The largest absolute Gasteiger partial charge is 0.452 e. The highest BCUT2D eigenvalue weighted by molar-refractivity contribution is 5.91. The van der Waals surface area contributed by atoms with Crippen molar-refractivity contribution in [3.8, 4) is 5.69 Å². The van der Waals surface area contributed by atoms with Crippen LogP contribution in [0, 0.1) is 6.92 Å². The van der Waals surface area contributed by atoms with Crippen LogP contribution >= 0.6 is 0 Å². The number of amides is 1. The van der Waals surface area contributed by atoms with Gasteiger partial charge < -0.3 is 14.8 Å². The monoisotopic (exact) mass is 440 g/mol. The molecule has 4 rings (SSSR count). The van der Waals surface area contributed by atoms with Crippen molar-refractivity contribution >= 4 is 11.9 Å². The minimum Gasteiger partial charge on any atom is -0.452 e. The Labute approximate surface area is 188 Å². The van der Waals surface area contributed by atoms with Crippen LogP contribution in [0.25, 0.3) is 5.69 Å². The van der Waals surface area contributed by atoms with Gasteiger partial charge >= 0.3 is 5.97 Å². The van der Waals surface area contributed by atoms with Gasteiger partial charge in [0.05, 0.1) is 24.5 Å². The number of hydrogen-bond donors (Lipinski definition) is 1. The highest BCUT2D eigenvalue weighted by Crippen LogP contribution is 2.33. The molecule has 1 aliphatic carbocycles. The van der Waals surface area contributed by atoms with Crippen LogP contribution < -0.4 is 5.32 Å². The number of hydrogen-bond acceptors (Lipinski definition) is 6. The van der Waals surface area contributed by atoms with Gasteiger partial charge in [0.25, 0.3) is 5.91 Å². The van der Waals surface area contributed by atoms with Crippen LogP contribution in [0.1, 0.15) is 48.2 Å². The predicted octanol–water partition coefficient (Wildman–Crippen LogP) is 2.49. The summed E-state index contributed by atoms with van der Waals surface area (Å²) in [6.07, 6.45) is 7.49. The van der Waals surface area contributed by atoms with E-state index in [2.05, 4.69) is 15.3 Å². The van der Waals surface area contributed by atoms with Gasteiger partial charge in [-0.2, -0.15) is 5.10 Å². The maximum Gasteiger partial charge on any atom is 0.338 e. The smallest absolute Gasteiger partial charge is 0.338 e. The van der Waals surface area contributed by atoms with E-state index in [0.717, 1.165) is 50.5 Å². The van der Waals surface area contributed by atoms with Crippen molar-refractivity contribution in [3.05, 3.63) is 47.8 Å². The van der Waals surface area contributed by atoms with Crippen LogP contribution in [-0.4, -0.2) is 71.6 Å². The molecule has 2 heterocycles. The second-order valence-electron chi connectivity index (χ2n) is 8.67. The fraction of sp³-hybridized carbons (Fsp3) is 0.542. The van der Waals surface area contributed by atoms with Crippen LogP contribution in [0.3, 0.4) is 0 Å². The third-order valence-electron chi connectivity index (χ3n) is 6.59. The number of ether oxygens (including phenoxy) is 2. The molecule has 1 aromatic heterocycles. The minimum absolute atomic E-state index is 0.0117. The number of nitrogens with one attached hydrogen (secondary N) is 1. The van der Waals surface area contributed by atoms with Crippen molar-refractivity contribution in [2.75, 3.05) is 39.5 Å². The van der Waals surface area contributed by atoms with E-state index in [1.54, 1.807) is 23.0 Å². The Bertz CT molecular complexity index is 912. The van der Waals surface area contributed by atoms with E-state index in [9.17, 15) is 9.59 Å². The van der Waals surface area contributed by atoms with Crippen molar-refractivity contribution in [3.63, 3.8) is 0 Å². The molecule has 0 atom stereocenters. The number of aromatic nitrogens is 2. The van der Waals surface area contributed by atoms with E-state index in [1.807, 2.05) is 25.1 Å². The van der Waals surface area contributed by atoms with Crippen molar-refractivity contribution in [1.29, 1.82) is 0 Å². The van der Waals surface area contributed by atoms with Crippen molar-refractivity contribution in [2.45, 2.75) is 44.6 Å². The lowest BCUT2D eigenvalue weighted by Crippen LogP contribution is -2.59. The van der Waals surface area contributed by atoms with Gasteiger partial charge in [0.15, 0.2) is 6.61 Å². The molecule has 1 aliphatic heterocycles. The third kappa shape index (κ3) is 5.19. The number of carbonyl (C=O) groups is 2. The Morgan fingerprint density at radius 3 is 2.47 bits per heavy atom. The first-order valence-corrected chi connectivity index (χ1v) is 11.5. The molecule has 0 bridgehead atoms. The summed E-state index contributed by atoms with van der Waals surface area (Å²) in [7, 11) is 0. The van der Waals surface area contributed by atoms with Gasteiger partial charge in [0, 0.05) is 37.1 Å². The van der Waals surface area contributed by atoms with Crippen LogP contribution in [0.5, 0.6) is 0 Å². The van der Waals surface area contributed by atoms with Gasteiger partial charge in [0.2, 0.25) is 0 Å². The first-order chi connectivity index (χ1) is 15.6. The Morgan fingerprint density at radius 1 is 1.09 bits per heavy atom. The molecule has 172 valence electrons. The Hall–Kier alpha value is -2.71. The predicted molar refractivity (Wildman–Crippen MR) is 120 cm³/mol. The molecule has 1 saturated heterocycles. The number of morpholine rings is 1. The molecule has 2 aliphatic rings. The molecular formula is C24H32N4O4. The molecule has 1 amide bonds. The second-order valence-corrected chi connectivity index (χ2v) is 8.67. The fourth-order valence-corrected chi connectivity index (χ4v) is 4.76. The van der Waals surface area contributed by atoms with E-state index in [0.29, 0.717) is 12.1 Å². The molecule has 2 aromatic rings. The highest BCUT2D eigenvalue weighted by Gasteiger charge is 2.38. The summed E-state index contributed by atoms with van der Waals surface area (Å²) in [6.45, 7) is 5.56. The van der Waals surface area contributed by atoms with Crippen molar-refractivity contribution < 1.29 is 19.1 Å². The summed E-state index contributed by atoms with van der Waals surface area (Å²) in [6, 6.07) is 8.91. The number of aryl methyl sites for hydroxylation is 1. The maximum atomic E-state index is 12.5. The lowest BCUT2D eigenvalue weighted by atomic mass is 9.79. The Morgan fingerprint density at radius 2 is 1.81 bits per heavy atom. The molecule has 32 heavy (non-hydrogen) atoms. The summed E-state index contributed by atoms with van der Waals surface area (Å²) < 4.78 is 12.6. The van der Waals surface area contributed by atoms with Crippen LogP contribution in [0.4, 0.5) is 0 Å². The Balaban J connectivity index is 1.28. The van der Waals surface area contributed by atoms with Crippen molar-refractivity contribution in [1.82, 2.24) is 20.0 Å². The number of benzene rings is 1. The lowest BCUT2D eigenvalue weighted by molar-refractivity contribution is -0.125. The summed E-state index contributed by atoms with van der Waals surface area (Å²) in [4.78, 5) is 27.3. The summed E-state index contributed by atoms with van der Waals surface area (Å²) in [5.74, 6) is -0.773. The second kappa shape index (κ2) is 10.3. The van der Waals surface area contributed by atoms with Gasteiger partial charge in [0.1, 0.15) is 0 Å². The van der Waals surface area contributed by atoms with Gasteiger partial charge in [-0.15, -0.1) is 0 Å². The normalized spacial score (nSPS) is 18.8. The Kier molecular flexibility index (Phi) is 7.22. The van der Waals surface area contributed by atoms with Crippen LogP contribution in [-0.2, 0) is 14.3 Å². The number of esters is 1. The van der Waals surface area contributed by atoms with Gasteiger partial charge in [-0.3, -0.25) is 9.69 Å². The fourth-order valence-electron chi connectivity index (χ4n) is 4.76. The van der Waals surface area contributed by atoms with Gasteiger partial charge in [-0.05, 0) is 50.1 Å². The first-order valence-electron chi connectivity index (χ1n) is 11.5. The number of carbonyl (C=O) groups excluding carboxylic acids is 2. The topological polar surface area (TPSA) is 85.7 Å². The zero-order valence-electron chi connectivity index (χ0n) is 18.7. The van der Waals surface area contributed by atoms with E-state index in [-0.39, 0.29) is 18.1 Å². The van der Waals surface area contributed by atoms with Crippen LogP contribution in [0.15, 0.2) is 36.5 Å². The first kappa shape index (κ1) is 22.5. The lowest BCUT2D eigenvalue weighted by Gasteiger charge is -2.48. The molecule has 8 nitrogen and oxygen atoms in total. The number of rotatable bonds is 7. The maximum absolute atomic E-state index is 12.5. The van der Waals surface area contributed by atoms with Crippen LogP contribution in [0.2, 0.25) is 0 Å². The molecule has 8 heteroatoms. The SMILES string of the molecule is Cc1ccnn1-c1ccc(C(=O)OCC(=O)NCC2(N3CCOCC3)CCCCC2)cc1. The molecule has 0 unspecified atom stereocenters. The zero-order valence-corrected chi connectivity index (χ0v) is 18.7. The van der Waals surface area contributed by atoms with E-state index in [1.165, 1.54) is 19.3 Å². The molecule has 2 fully saturated rings. The zero-order chi connectivity index (χ0) is 22.4. The average Bonchev–Trinajstić information content (AvgIpc) is 3.28. The molecule has 1 N–H and O–H groups in total. The standard InChI is InChI=1S/C24H32N4O4/c1-19-9-12-26-28(19)21-7-5-20(6-8-21)23(30)32-17-22(29)25-18-24(10-3-2-4-11-24)27-13-15-31-16-14-27/h5-9,12H,2-4,10-11,13-18H2,1H3,(H,25,29). The van der Waals surface area contributed by atoms with E-state index in [4.69, 9.17) is 9.47 Å². The highest BCUT2D eigenvalue weighted by atomic mass is 16.5. The molecule has 1 aromatic carbocycles. The van der Waals surface area contributed by atoms with Gasteiger partial charge in [-0.25, -0.2) is 9.48 Å². The number of nitrogens with zero attached hydrogens (tertiary/aromatic N) is 3. The van der Waals surface area contributed by atoms with E-state index < -0.39 is 5.97 Å². The summed E-state index contributed by atoms with van der Waals surface area (Å²) >= 11 is 0. The third-order valence-corrected chi connectivity index (χ3v) is 6.59. The molecule has 0 radical (unpaired) electrons. The van der Waals surface area contributed by atoms with E-state index >= 15 is 0 Å². The van der Waals surface area contributed by atoms with Gasteiger partial charge in [-0.1, -0.05) is 19.3 Å². The summed E-state index contributed by atoms with van der Waals surface area (Å²) in [5.41, 5.74) is 2.26. The quantitative estimate of drug-likeness (QED) is 0.666. The molecule has 0 spiro atoms. The minimum atomic E-state index is -0.510. The average molecular weight is 441 g/mol. The molecule has 1 saturated carbocycles. The summed E-state index contributed by atoms with van der Waals surface area (Å²) in [5, 5.41) is 7.28. The molecular weight excluding hydrogens is 408 g/mol. The van der Waals surface area contributed by atoms with Crippen molar-refractivity contribution in [2.24, 2.45) is 0 Å².